The maximum atomic E-state index is 10.3. The fourth-order valence-corrected chi connectivity index (χ4v) is 1.80. The van der Waals surface area contributed by atoms with Gasteiger partial charge < -0.3 is 4.79 Å². The van der Waals surface area contributed by atoms with E-state index in [9.17, 15) is 4.79 Å². The van der Waals surface area contributed by atoms with Crippen molar-refractivity contribution in [2.24, 2.45) is 0 Å². The molecule has 0 heterocycles. The van der Waals surface area contributed by atoms with Gasteiger partial charge in [0.05, 0.1) is 0 Å². The third-order valence-electron chi connectivity index (χ3n) is 2.61. The first-order valence-electron chi connectivity index (χ1n) is 5.22. The minimum atomic E-state index is 0.608. The second kappa shape index (κ2) is 4.26. The number of fused-ring (bicyclic) bond motifs is 1. The van der Waals surface area contributed by atoms with Gasteiger partial charge in [0.25, 0.3) is 0 Å². The minimum absolute atomic E-state index is 0.608. The predicted octanol–water partition coefficient (Wildman–Crippen LogP) is 3.28. The molecule has 15 heavy (non-hydrogen) atoms. The van der Waals surface area contributed by atoms with E-state index in [0.717, 1.165) is 12.7 Å². The van der Waals surface area contributed by atoms with Crippen LogP contribution in [0.5, 0.6) is 0 Å². The van der Waals surface area contributed by atoms with Gasteiger partial charge in [-0.05, 0) is 29.7 Å². The number of hydrogen-bond acceptors (Lipinski definition) is 1. The molecule has 0 saturated carbocycles. The molecule has 0 N–H and O–H groups in total. The molecule has 0 aliphatic heterocycles. The van der Waals surface area contributed by atoms with Crippen LogP contribution in [0.2, 0.25) is 0 Å². The van der Waals surface area contributed by atoms with Crippen LogP contribution in [0.15, 0.2) is 36.4 Å². The second-order valence-corrected chi connectivity index (χ2v) is 3.89. The average Bonchev–Trinajstić information content (AvgIpc) is 2.25. The Balaban J connectivity index is 2.40. The highest BCUT2D eigenvalue weighted by Gasteiger charge is 1.96. The van der Waals surface area contributed by atoms with E-state index in [1.807, 2.05) is 0 Å². The molecule has 0 fully saturated rings. The van der Waals surface area contributed by atoms with Crippen LogP contribution in [0.3, 0.4) is 0 Å². The Morgan fingerprint density at radius 2 is 1.87 bits per heavy atom. The van der Waals surface area contributed by atoms with Crippen molar-refractivity contribution in [2.45, 2.75) is 19.8 Å². The highest BCUT2D eigenvalue weighted by atomic mass is 16.1. The molecule has 76 valence electrons. The van der Waals surface area contributed by atoms with E-state index < -0.39 is 0 Å². The Labute approximate surface area is 89.7 Å². The van der Waals surface area contributed by atoms with Crippen LogP contribution in [0.1, 0.15) is 17.5 Å². The zero-order chi connectivity index (χ0) is 10.7. The van der Waals surface area contributed by atoms with Gasteiger partial charge in [0.2, 0.25) is 0 Å². The molecule has 1 heteroatoms. The van der Waals surface area contributed by atoms with Gasteiger partial charge in [-0.25, -0.2) is 0 Å². The van der Waals surface area contributed by atoms with Crippen LogP contribution in [-0.4, -0.2) is 6.29 Å². The summed E-state index contributed by atoms with van der Waals surface area (Å²) >= 11 is 0. The van der Waals surface area contributed by atoms with Crippen molar-refractivity contribution < 1.29 is 4.79 Å². The summed E-state index contributed by atoms with van der Waals surface area (Å²) in [5.41, 5.74) is 2.51. The molecule has 2 aromatic rings. The molecule has 2 rings (SSSR count). The van der Waals surface area contributed by atoms with E-state index >= 15 is 0 Å². The predicted molar refractivity (Wildman–Crippen MR) is 63.1 cm³/mol. The fraction of sp³-hybridized carbons (Fsp3) is 0.214. The number of carbonyl (C=O) groups is 1. The Bertz CT molecular complexity index is 486. The maximum Gasteiger partial charge on any atom is 0.120 e. The third kappa shape index (κ3) is 2.24. The number of aldehydes is 1. The summed E-state index contributed by atoms with van der Waals surface area (Å²) in [6.07, 6.45) is 2.42. The summed E-state index contributed by atoms with van der Waals surface area (Å²) in [6, 6.07) is 12.8. The lowest BCUT2D eigenvalue weighted by atomic mass is 10.0. The molecule has 0 bridgehead atoms. The first-order valence-corrected chi connectivity index (χ1v) is 5.22. The molecule has 0 saturated heterocycles. The summed E-state index contributed by atoms with van der Waals surface area (Å²) in [7, 11) is 0. The largest absolute Gasteiger partial charge is 0.303 e. The van der Waals surface area contributed by atoms with Gasteiger partial charge in [-0.3, -0.25) is 0 Å². The van der Waals surface area contributed by atoms with Crippen LogP contribution in [-0.2, 0) is 11.2 Å². The molecule has 1 nitrogen and oxygen atoms in total. The van der Waals surface area contributed by atoms with E-state index in [1.165, 1.54) is 21.9 Å². The number of carbonyl (C=O) groups excluding carboxylic acids is 1. The van der Waals surface area contributed by atoms with E-state index in [-0.39, 0.29) is 0 Å². The Morgan fingerprint density at radius 3 is 2.67 bits per heavy atom. The zero-order valence-corrected chi connectivity index (χ0v) is 8.86. The van der Waals surface area contributed by atoms with Crippen LogP contribution in [0.4, 0.5) is 0 Å². The first kappa shape index (κ1) is 9.91. The van der Waals surface area contributed by atoms with Crippen LogP contribution < -0.4 is 0 Å². The SMILES string of the molecule is Cc1ccc2ccc(CCC=O)cc2c1. The van der Waals surface area contributed by atoms with E-state index in [0.29, 0.717) is 6.42 Å². The second-order valence-electron chi connectivity index (χ2n) is 3.89. The van der Waals surface area contributed by atoms with Gasteiger partial charge in [0.15, 0.2) is 0 Å². The van der Waals surface area contributed by atoms with Gasteiger partial charge in [-0.2, -0.15) is 0 Å². The lowest BCUT2D eigenvalue weighted by molar-refractivity contribution is -0.107. The smallest absolute Gasteiger partial charge is 0.120 e. The van der Waals surface area contributed by atoms with Crippen molar-refractivity contribution in [3.8, 4) is 0 Å². The molecule has 0 aliphatic carbocycles. The summed E-state index contributed by atoms with van der Waals surface area (Å²) in [5, 5.41) is 2.52. The molecular formula is C14H14O. The van der Waals surface area contributed by atoms with Crippen LogP contribution >= 0.6 is 0 Å². The van der Waals surface area contributed by atoms with Gasteiger partial charge in [-0.1, -0.05) is 42.0 Å². The van der Waals surface area contributed by atoms with Crippen molar-refractivity contribution in [2.75, 3.05) is 0 Å². The maximum absolute atomic E-state index is 10.3. The number of hydrogen-bond donors (Lipinski definition) is 0. The Morgan fingerprint density at radius 1 is 1.07 bits per heavy atom. The van der Waals surface area contributed by atoms with Gasteiger partial charge in [-0.15, -0.1) is 0 Å². The van der Waals surface area contributed by atoms with Crippen molar-refractivity contribution in [3.63, 3.8) is 0 Å². The molecular weight excluding hydrogens is 184 g/mol. The highest BCUT2D eigenvalue weighted by molar-refractivity contribution is 5.83. The molecule has 0 atom stereocenters. The monoisotopic (exact) mass is 198 g/mol. The van der Waals surface area contributed by atoms with Gasteiger partial charge in [0, 0.05) is 6.42 Å². The third-order valence-corrected chi connectivity index (χ3v) is 2.61. The number of rotatable bonds is 3. The van der Waals surface area contributed by atoms with Crippen LogP contribution in [0.25, 0.3) is 10.8 Å². The summed E-state index contributed by atoms with van der Waals surface area (Å²) in [6.45, 7) is 2.09. The first-order chi connectivity index (χ1) is 7.29. The molecule has 0 amide bonds. The van der Waals surface area contributed by atoms with Gasteiger partial charge in [0.1, 0.15) is 6.29 Å². The zero-order valence-electron chi connectivity index (χ0n) is 8.86. The quantitative estimate of drug-likeness (QED) is 0.692. The molecule has 2 aromatic carbocycles. The van der Waals surface area contributed by atoms with E-state index in [1.54, 1.807) is 0 Å². The Hall–Kier alpha value is -1.63. The van der Waals surface area contributed by atoms with Crippen molar-refractivity contribution in [1.29, 1.82) is 0 Å². The summed E-state index contributed by atoms with van der Waals surface area (Å²) < 4.78 is 0. The summed E-state index contributed by atoms with van der Waals surface area (Å²) in [5.74, 6) is 0. The van der Waals surface area contributed by atoms with Crippen molar-refractivity contribution in [3.05, 3.63) is 47.5 Å². The highest BCUT2D eigenvalue weighted by Crippen LogP contribution is 2.18. The summed E-state index contributed by atoms with van der Waals surface area (Å²) in [4.78, 5) is 10.3. The minimum Gasteiger partial charge on any atom is -0.303 e. The average molecular weight is 198 g/mol. The van der Waals surface area contributed by atoms with Gasteiger partial charge >= 0.3 is 0 Å². The van der Waals surface area contributed by atoms with E-state index in [2.05, 4.69) is 43.3 Å². The standard InChI is InChI=1S/C14H14O/c1-11-4-6-13-7-5-12(3-2-8-15)10-14(13)9-11/h4-10H,2-3H2,1H3. The fourth-order valence-electron chi connectivity index (χ4n) is 1.80. The van der Waals surface area contributed by atoms with E-state index in [4.69, 9.17) is 0 Å². The van der Waals surface area contributed by atoms with Crippen molar-refractivity contribution >= 4 is 17.1 Å². The lowest BCUT2D eigenvalue weighted by Gasteiger charge is -2.02. The molecule has 0 radical (unpaired) electrons. The molecule has 0 spiro atoms. The molecule has 0 aromatic heterocycles. The molecule has 0 aliphatic rings. The Kier molecular flexibility index (Phi) is 2.82. The molecule has 0 unspecified atom stereocenters. The topological polar surface area (TPSA) is 17.1 Å². The van der Waals surface area contributed by atoms with Crippen LogP contribution in [0, 0.1) is 6.92 Å². The number of aryl methyl sites for hydroxylation is 2. The normalized spacial score (nSPS) is 10.5. The number of benzene rings is 2. The lowest BCUT2D eigenvalue weighted by Crippen LogP contribution is -1.86. The van der Waals surface area contributed by atoms with Crippen molar-refractivity contribution in [1.82, 2.24) is 0 Å².